The number of ketones is 1. The van der Waals surface area contributed by atoms with Crippen LogP contribution in [0.1, 0.15) is 21.5 Å². The van der Waals surface area contributed by atoms with Gasteiger partial charge in [0.15, 0.2) is 5.78 Å². The molecule has 1 aromatic carbocycles. The van der Waals surface area contributed by atoms with Crippen LogP contribution in [-0.2, 0) is 6.54 Å². The lowest BCUT2D eigenvalue weighted by Gasteiger charge is -2.15. The Bertz CT molecular complexity index is 614. The lowest BCUT2D eigenvalue weighted by molar-refractivity contribution is 0.0943. The first kappa shape index (κ1) is 13.9. The molecular formula is C16H15N3O. The van der Waals surface area contributed by atoms with Gasteiger partial charge in [0, 0.05) is 24.5 Å². The first-order valence-electron chi connectivity index (χ1n) is 6.30. The molecule has 1 heterocycles. The average molecular weight is 265 g/mol. The van der Waals surface area contributed by atoms with Gasteiger partial charge in [0.2, 0.25) is 0 Å². The number of Topliss-reactive ketones (excluding diaryl/α,β-unsaturated/α-hetero) is 1. The SMILES string of the molecule is CN(CC(=O)c1ccc(C#N)cc1)Cc1cccnc1. The van der Waals surface area contributed by atoms with Crippen LogP contribution in [0.4, 0.5) is 0 Å². The highest BCUT2D eigenvalue weighted by Crippen LogP contribution is 2.06. The van der Waals surface area contributed by atoms with Gasteiger partial charge in [-0.15, -0.1) is 0 Å². The normalized spacial score (nSPS) is 10.2. The van der Waals surface area contributed by atoms with E-state index in [4.69, 9.17) is 5.26 Å². The first-order chi connectivity index (χ1) is 9.69. The van der Waals surface area contributed by atoms with Crippen molar-refractivity contribution < 1.29 is 4.79 Å². The minimum atomic E-state index is 0.0425. The van der Waals surface area contributed by atoms with Crippen LogP contribution in [0.5, 0.6) is 0 Å². The highest BCUT2D eigenvalue weighted by molar-refractivity contribution is 5.97. The summed E-state index contributed by atoms with van der Waals surface area (Å²) in [5.41, 5.74) is 2.26. The number of hydrogen-bond acceptors (Lipinski definition) is 4. The highest BCUT2D eigenvalue weighted by Gasteiger charge is 2.09. The van der Waals surface area contributed by atoms with Crippen molar-refractivity contribution in [2.45, 2.75) is 6.54 Å². The van der Waals surface area contributed by atoms with Gasteiger partial charge < -0.3 is 0 Å². The Morgan fingerprint density at radius 2 is 2.05 bits per heavy atom. The van der Waals surface area contributed by atoms with E-state index in [2.05, 4.69) is 4.98 Å². The number of rotatable bonds is 5. The van der Waals surface area contributed by atoms with Gasteiger partial charge in [0.05, 0.1) is 18.2 Å². The molecule has 0 saturated heterocycles. The van der Waals surface area contributed by atoms with Crippen LogP contribution in [0.2, 0.25) is 0 Å². The van der Waals surface area contributed by atoms with Gasteiger partial charge in [-0.1, -0.05) is 18.2 Å². The van der Waals surface area contributed by atoms with Crippen molar-refractivity contribution in [1.82, 2.24) is 9.88 Å². The van der Waals surface area contributed by atoms with E-state index < -0.39 is 0 Å². The molecule has 0 fully saturated rings. The summed E-state index contributed by atoms with van der Waals surface area (Å²) in [7, 11) is 1.90. The molecule has 0 aliphatic carbocycles. The number of nitriles is 1. The summed E-state index contributed by atoms with van der Waals surface area (Å²) in [5, 5.41) is 8.73. The summed E-state index contributed by atoms with van der Waals surface area (Å²) < 4.78 is 0. The topological polar surface area (TPSA) is 57.0 Å². The van der Waals surface area contributed by atoms with Crippen molar-refractivity contribution in [3.8, 4) is 6.07 Å². The van der Waals surface area contributed by atoms with Gasteiger partial charge in [0.25, 0.3) is 0 Å². The molecule has 0 amide bonds. The zero-order valence-corrected chi connectivity index (χ0v) is 11.3. The smallest absolute Gasteiger partial charge is 0.176 e. The van der Waals surface area contributed by atoms with Crippen molar-refractivity contribution in [3.63, 3.8) is 0 Å². The van der Waals surface area contributed by atoms with Crippen LogP contribution in [0, 0.1) is 11.3 Å². The largest absolute Gasteiger partial charge is 0.295 e. The fourth-order valence-corrected chi connectivity index (χ4v) is 1.93. The Labute approximate surface area is 118 Å². The van der Waals surface area contributed by atoms with E-state index in [9.17, 15) is 4.79 Å². The second-order valence-corrected chi connectivity index (χ2v) is 4.65. The van der Waals surface area contributed by atoms with Crippen LogP contribution in [0.25, 0.3) is 0 Å². The van der Waals surface area contributed by atoms with Crippen molar-refractivity contribution in [2.24, 2.45) is 0 Å². The van der Waals surface area contributed by atoms with Crippen molar-refractivity contribution in [3.05, 3.63) is 65.5 Å². The lowest BCUT2D eigenvalue weighted by atomic mass is 10.1. The van der Waals surface area contributed by atoms with E-state index in [0.29, 0.717) is 24.2 Å². The predicted molar refractivity (Wildman–Crippen MR) is 76.1 cm³/mol. The monoisotopic (exact) mass is 265 g/mol. The number of carbonyl (C=O) groups is 1. The van der Waals surface area contributed by atoms with E-state index in [-0.39, 0.29) is 5.78 Å². The molecule has 0 unspecified atom stereocenters. The molecule has 0 N–H and O–H groups in total. The van der Waals surface area contributed by atoms with Crippen LogP contribution in [-0.4, -0.2) is 29.3 Å². The summed E-state index contributed by atoms with van der Waals surface area (Å²) in [6.07, 6.45) is 3.52. The Morgan fingerprint density at radius 1 is 1.30 bits per heavy atom. The number of nitrogens with zero attached hydrogens (tertiary/aromatic N) is 3. The molecule has 100 valence electrons. The van der Waals surface area contributed by atoms with Crippen LogP contribution < -0.4 is 0 Å². The third kappa shape index (κ3) is 3.74. The third-order valence-corrected chi connectivity index (χ3v) is 2.92. The van der Waals surface area contributed by atoms with Gasteiger partial charge in [-0.25, -0.2) is 0 Å². The Morgan fingerprint density at radius 3 is 2.65 bits per heavy atom. The van der Waals surface area contributed by atoms with Crippen molar-refractivity contribution in [2.75, 3.05) is 13.6 Å². The minimum absolute atomic E-state index is 0.0425. The van der Waals surface area contributed by atoms with E-state index in [0.717, 1.165) is 5.56 Å². The molecule has 4 heteroatoms. The summed E-state index contributed by atoms with van der Waals surface area (Å²) in [6.45, 7) is 1.01. The zero-order chi connectivity index (χ0) is 14.4. The lowest BCUT2D eigenvalue weighted by Crippen LogP contribution is -2.25. The molecule has 2 aromatic rings. The molecular weight excluding hydrogens is 250 g/mol. The second-order valence-electron chi connectivity index (χ2n) is 4.65. The fraction of sp³-hybridized carbons (Fsp3) is 0.188. The standard InChI is InChI=1S/C16H15N3O/c1-19(11-14-3-2-8-18-10-14)12-16(20)15-6-4-13(9-17)5-7-15/h2-8,10H,11-12H2,1H3. The molecule has 0 spiro atoms. The quantitative estimate of drug-likeness (QED) is 0.778. The summed E-state index contributed by atoms with van der Waals surface area (Å²) in [5.74, 6) is 0.0425. The van der Waals surface area contributed by atoms with E-state index in [1.165, 1.54) is 0 Å². The van der Waals surface area contributed by atoms with Gasteiger partial charge in [-0.2, -0.15) is 5.26 Å². The van der Waals surface area contributed by atoms with Crippen molar-refractivity contribution >= 4 is 5.78 Å². The molecule has 0 bridgehead atoms. The van der Waals surface area contributed by atoms with Gasteiger partial charge in [0.1, 0.15) is 0 Å². The summed E-state index contributed by atoms with van der Waals surface area (Å²) in [4.78, 5) is 18.1. The van der Waals surface area contributed by atoms with Crippen LogP contribution in [0.3, 0.4) is 0 Å². The predicted octanol–water partition coefficient (Wildman–Crippen LogP) is 2.27. The number of hydrogen-bond donors (Lipinski definition) is 0. The number of likely N-dealkylation sites (N-methyl/N-ethyl adjacent to an activating group) is 1. The summed E-state index contributed by atoms with van der Waals surface area (Å²) >= 11 is 0. The Balaban J connectivity index is 1.95. The molecule has 0 atom stereocenters. The van der Waals surface area contributed by atoms with Gasteiger partial charge >= 0.3 is 0 Å². The molecule has 1 aromatic heterocycles. The molecule has 2 rings (SSSR count). The van der Waals surface area contributed by atoms with Crippen LogP contribution >= 0.6 is 0 Å². The highest BCUT2D eigenvalue weighted by atomic mass is 16.1. The Kier molecular flexibility index (Phi) is 4.59. The minimum Gasteiger partial charge on any atom is -0.295 e. The van der Waals surface area contributed by atoms with Gasteiger partial charge in [-0.3, -0.25) is 14.7 Å². The van der Waals surface area contributed by atoms with E-state index >= 15 is 0 Å². The number of aromatic nitrogens is 1. The number of pyridine rings is 1. The zero-order valence-electron chi connectivity index (χ0n) is 11.3. The Hall–Kier alpha value is -2.51. The average Bonchev–Trinajstić information content (AvgIpc) is 2.48. The molecule has 0 aliphatic rings. The van der Waals surface area contributed by atoms with Crippen molar-refractivity contribution in [1.29, 1.82) is 5.26 Å². The molecule has 0 aliphatic heterocycles. The first-order valence-corrected chi connectivity index (χ1v) is 6.30. The third-order valence-electron chi connectivity index (χ3n) is 2.92. The number of carbonyl (C=O) groups excluding carboxylic acids is 1. The maximum Gasteiger partial charge on any atom is 0.176 e. The van der Waals surface area contributed by atoms with E-state index in [1.807, 2.05) is 30.1 Å². The molecule has 0 saturated carbocycles. The molecule has 0 radical (unpaired) electrons. The van der Waals surface area contributed by atoms with E-state index in [1.54, 1.807) is 36.7 Å². The van der Waals surface area contributed by atoms with Gasteiger partial charge in [-0.05, 0) is 30.8 Å². The maximum absolute atomic E-state index is 12.1. The maximum atomic E-state index is 12.1. The summed E-state index contributed by atoms with van der Waals surface area (Å²) in [6, 6.07) is 12.6. The van der Waals surface area contributed by atoms with Crippen LogP contribution in [0.15, 0.2) is 48.8 Å². The molecule has 20 heavy (non-hydrogen) atoms. The molecule has 4 nitrogen and oxygen atoms in total. The second kappa shape index (κ2) is 6.60. The number of benzene rings is 1. The fourth-order valence-electron chi connectivity index (χ4n) is 1.93.